The molecule has 5 atom stereocenters. The first-order valence-electron chi connectivity index (χ1n) is 9.65. The number of hydrogen-bond acceptors (Lipinski definition) is 2. The number of rotatable bonds is 6. The van der Waals surface area contributed by atoms with Crippen LogP contribution >= 0.6 is 0 Å². The van der Waals surface area contributed by atoms with Crippen molar-refractivity contribution < 1.29 is 0 Å². The van der Waals surface area contributed by atoms with E-state index >= 15 is 0 Å². The maximum Gasteiger partial charge on any atom is 0.00723 e. The molecule has 3 aliphatic rings. The van der Waals surface area contributed by atoms with Gasteiger partial charge < -0.3 is 10.2 Å². The smallest absolute Gasteiger partial charge is 0.00723 e. The van der Waals surface area contributed by atoms with E-state index in [4.69, 9.17) is 0 Å². The van der Waals surface area contributed by atoms with Crippen molar-refractivity contribution in [3.8, 4) is 0 Å². The minimum atomic E-state index is 0.711. The van der Waals surface area contributed by atoms with Crippen molar-refractivity contribution in [3.63, 3.8) is 0 Å². The molecule has 1 N–H and O–H groups in total. The lowest BCUT2D eigenvalue weighted by Crippen LogP contribution is -2.47. The van der Waals surface area contributed by atoms with E-state index in [9.17, 15) is 0 Å². The highest BCUT2D eigenvalue weighted by atomic mass is 15.1. The topological polar surface area (TPSA) is 15.3 Å². The van der Waals surface area contributed by atoms with Crippen molar-refractivity contribution in [2.45, 2.75) is 77.8 Å². The number of nitrogens with zero attached hydrogens (tertiary/aromatic N) is 1. The second kappa shape index (κ2) is 7.00. The van der Waals surface area contributed by atoms with Crippen LogP contribution in [-0.4, -0.2) is 36.6 Å². The summed E-state index contributed by atoms with van der Waals surface area (Å²) in [6.45, 7) is 11.2. The van der Waals surface area contributed by atoms with E-state index in [1.807, 2.05) is 0 Å². The van der Waals surface area contributed by atoms with Crippen LogP contribution in [-0.2, 0) is 0 Å². The quantitative estimate of drug-likeness (QED) is 0.798. The van der Waals surface area contributed by atoms with Crippen LogP contribution in [0.25, 0.3) is 0 Å². The van der Waals surface area contributed by atoms with Crippen LogP contribution < -0.4 is 5.32 Å². The summed E-state index contributed by atoms with van der Waals surface area (Å²) in [6, 6.07) is 1.45. The Morgan fingerprint density at radius 2 is 1.76 bits per heavy atom. The molecule has 122 valence electrons. The molecule has 1 saturated heterocycles. The molecule has 5 unspecified atom stereocenters. The van der Waals surface area contributed by atoms with E-state index in [0.29, 0.717) is 6.04 Å². The van der Waals surface area contributed by atoms with Gasteiger partial charge in [0.15, 0.2) is 0 Å². The fourth-order valence-electron chi connectivity index (χ4n) is 5.57. The molecule has 1 heterocycles. The predicted octanol–water partition coefficient (Wildman–Crippen LogP) is 3.91. The number of hydrogen-bond donors (Lipinski definition) is 1. The molecule has 0 aromatic rings. The number of fused-ring (bicyclic) bond motifs is 2. The van der Waals surface area contributed by atoms with Gasteiger partial charge >= 0.3 is 0 Å². The van der Waals surface area contributed by atoms with Crippen molar-refractivity contribution >= 4 is 0 Å². The van der Waals surface area contributed by atoms with Crippen LogP contribution in [0.1, 0.15) is 65.7 Å². The zero-order valence-corrected chi connectivity index (χ0v) is 14.5. The summed E-state index contributed by atoms with van der Waals surface area (Å²) in [6.07, 6.45) is 10.2. The third-order valence-corrected chi connectivity index (χ3v) is 6.84. The molecule has 0 radical (unpaired) electrons. The summed E-state index contributed by atoms with van der Waals surface area (Å²) in [5, 5.41) is 4.00. The lowest BCUT2D eigenvalue weighted by Gasteiger charge is -2.38. The van der Waals surface area contributed by atoms with Crippen molar-refractivity contribution in [2.24, 2.45) is 23.7 Å². The summed E-state index contributed by atoms with van der Waals surface area (Å²) < 4.78 is 0. The Labute approximate surface area is 132 Å². The van der Waals surface area contributed by atoms with Crippen LogP contribution in [0.5, 0.6) is 0 Å². The average Bonchev–Trinajstić information content (AvgIpc) is 3.11. The van der Waals surface area contributed by atoms with Gasteiger partial charge in [-0.1, -0.05) is 13.3 Å². The van der Waals surface area contributed by atoms with Gasteiger partial charge in [-0.15, -0.1) is 0 Å². The van der Waals surface area contributed by atoms with Gasteiger partial charge in [-0.2, -0.15) is 0 Å². The second-order valence-corrected chi connectivity index (χ2v) is 8.26. The molecule has 3 rings (SSSR count). The van der Waals surface area contributed by atoms with Crippen LogP contribution in [0.2, 0.25) is 0 Å². The minimum absolute atomic E-state index is 0.711. The van der Waals surface area contributed by atoms with Gasteiger partial charge in [-0.05, 0) is 95.7 Å². The van der Waals surface area contributed by atoms with Crippen LogP contribution in [0, 0.1) is 23.7 Å². The second-order valence-electron chi connectivity index (χ2n) is 8.26. The SMILES string of the molecule is CCCN1CCC(C(C)NC(C)C2CC3CCC2C3)CC1. The van der Waals surface area contributed by atoms with Gasteiger partial charge in [0.05, 0.1) is 0 Å². The molecule has 0 spiro atoms. The summed E-state index contributed by atoms with van der Waals surface area (Å²) in [5.41, 5.74) is 0. The van der Waals surface area contributed by atoms with Gasteiger partial charge in [0.1, 0.15) is 0 Å². The molecule has 0 aromatic heterocycles. The fourth-order valence-corrected chi connectivity index (χ4v) is 5.57. The highest BCUT2D eigenvalue weighted by Crippen LogP contribution is 2.49. The number of likely N-dealkylation sites (tertiary alicyclic amines) is 1. The van der Waals surface area contributed by atoms with Crippen molar-refractivity contribution in [1.29, 1.82) is 0 Å². The Morgan fingerprint density at radius 3 is 2.33 bits per heavy atom. The van der Waals surface area contributed by atoms with Crippen LogP contribution in [0.15, 0.2) is 0 Å². The van der Waals surface area contributed by atoms with E-state index in [1.165, 1.54) is 58.2 Å². The standard InChI is InChI=1S/C19H36N2/c1-4-9-21-10-7-17(8-11-21)14(2)20-15(3)19-13-16-5-6-18(19)12-16/h14-20H,4-13H2,1-3H3. The Bertz CT molecular complexity index is 322. The maximum absolute atomic E-state index is 4.00. The fraction of sp³-hybridized carbons (Fsp3) is 1.00. The first kappa shape index (κ1) is 15.8. The van der Waals surface area contributed by atoms with Crippen molar-refractivity contribution in [2.75, 3.05) is 19.6 Å². The van der Waals surface area contributed by atoms with E-state index in [0.717, 1.165) is 29.7 Å². The van der Waals surface area contributed by atoms with E-state index in [1.54, 1.807) is 6.42 Å². The third kappa shape index (κ3) is 3.64. The Morgan fingerprint density at radius 1 is 1.00 bits per heavy atom. The molecule has 2 heteroatoms. The molecular formula is C19H36N2. The van der Waals surface area contributed by atoms with Gasteiger partial charge in [0.2, 0.25) is 0 Å². The average molecular weight is 293 g/mol. The van der Waals surface area contributed by atoms with Crippen LogP contribution in [0.3, 0.4) is 0 Å². The monoisotopic (exact) mass is 292 g/mol. The highest BCUT2D eigenvalue weighted by Gasteiger charge is 2.42. The normalized spacial score (nSPS) is 37.0. The van der Waals surface area contributed by atoms with Crippen LogP contribution in [0.4, 0.5) is 0 Å². The molecule has 1 aliphatic heterocycles. The molecule has 2 saturated carbocycles. The van der Waals surface area contributed by atoms with Gasteiger partial charge in [0.25, 0.3) is 0 Å². The third-order valence-electron chi connectivity index (χ3n) is 6.84. The zero-order valence-electron chi connectivity index (χ0n) is 14.5. The number of piperidine rings is 1. The molecule has 2 aliphatic carbocycles. The van der Waals surface area contributed by atoms with Gasteiger partial charge in [0, 0.05) is 12.1 Å². The van der Waals surface area contributed by atoms with E-state index in [-0.39, 0.29) is 0 Å². The highest BCUT2D eigenvalue weighted by molar-refractivity contribution is 4.95. The van der Waals surface area contributed by atoms with Crippen molar-refractivity contribution in [1.82, 2.24) is 10.2 Å². The maximum atomic E-state index is 4.00. The lowest BCUT2D eigenvalue weighted by atomic mass is 9.82. The van der Waals surface area contributed by atoms with Gasteiger partial charge in [-0.25, -0.2) is 0 Å². The van der Waals surface area contributed by atoms with Crippen molar-refractivity contribution in [3.05, 3.63) is 0 Å². The Hall–Kier alpha value is -0.0800. The first-order chi connectivity index (χ1) is 10.2. The predicted molar refractivity (Wildman–Crippen MR) is 90.5 cm³/mol. The largest absolute Gasteiger partial charge is 0.311 e. The van der Waals surface area contributed by atoms with E-state index < -0.39 is 0 Å². The minimum Gasteiger partial charge on any atom is -0.311 e. The van der Waals surface area contributed by atoms with E-state index in [2.05, 4.69) is 31.0 Å². The molecule has 2 nitrogen and oxygen atoms in total. The Kier molecular flexibility index (Phi) is 5.27. The summed E-state index contributed by atoms with van der Waals surface area (Å²) in [4.78, 5) is 2.66. The molecule has 2 bridgehead atoms. The zero-order chi connectivity index (χ0) is 14.8. The lowest BCUT2D eigenvalue weighted by molar-refractivity contribution is 0.149. The molecule has 0 aromatic carbocycles. The summed E-state index contributed by atoms with van der Waals surface area (Å²) in [7, 11) is 0. The molecule has 3 fully saturated rings. The first-order valence-corrected chi connectivity index (χ1v) is 9.65. The van der Waals surface area contributed by atoms with Gasteiger partial charge in [-0.3, -0.25) is 0 Å². The molecule has 0 amide bonds. The summed E-state index contributed by atoms with van der Waals surface area (Å²) in [5.74, 6) is 4.01. The molecule has 21 heavy (non-hydrogen) atoms. The Balaban J connectivity index is 1.43. The molecular weight excluding hydrogens is 256 g/mol. The number of nitrogens with one attached hydrogen (secondary N) is 1. The summed E-state index contributed by atoms with van der Waals surface area (Å²) >= 11 is 0.